The molecule has 0 aromatic heterocycles. The van der Waals surface area contributed by atoms with Gasteiger partial charge in [0.2, 0.25) is 0 Å². The highest BCUT2D eigenvalue weighted by Crippen LogP contribution is 2.38. The molecular formula is C18H37N3. The van der Waals surface area contributed by atoms with Crippen molar-refractivity contribution in [1.29, 1.82) is 0 Å². The second kappa shape index (κ2) is 8.50. The summed E-state index contributed by atoms with van der Waals surface area (Å²) >= 11 is 0. The van der Waals surface area contributed by atoms with Gasteiger partial charge in [-0.2, -0.15) is 0 Å². The maximum Gasteiger partial charge on any atom is 0.0109 e. The molecule has 2 aliphatic rings. The third-order valence-electron chi connectivity index (χ3n) is 5.32. The minimum absolute atomic E-state index is 0.550. The fourth-order valence-corrected chi connectivity index (χ4v) is 4.11. The van der Waals surface area contributed by atoms with Gasteiger partial charge in [0.05, 0.1) is 0 Å². The van der Waals surface area contributed by atoms with Crippen LogP contribution in [0.4, 0.5) is 0 Å². The third kappa shape index (κ3) is 5.88. The zero-order valence-electron chi connectivity index (χ0n) is 14.7. The van der Waals surface area contributed by atoms with E-state index in [0.29, 0.717) is 5.41 Å². The van der Waals surface area contributed by atoms with Gasteiger partial charge in [-0.3, -0.25) is 0 Å². The van der Waals surface area contributed by atoms with Crippen LogP contribution in [-0.4, -0.2) is 62.7 Å². The minimum atomic E-state index is 0.550. The van der Waals surface area contributed by atoms with Crippen molar-refractivity contribution in [1.82, 2.24) is 15.1 Å². The maximum atomic E-state index is 3.73. The van der Waals surface area contributed by atoms with E-state index < -0.39 is 0 Å². The maximum absolute atomic E-state index is 3.73. The Bertz CT molecular complexity index is 278. The summed E-state index contributed by atoms with van der Waals surface area (Å²) in [6, 6.07) is 0. The molecule has 1 aliphatic heterocycles. The lowest BCUT2D eigenvalue weighted by atomic mass is 9.85. The number of hydrogen-bond donors (Lipinski definition) is 1. The molecular weight excluding hydrogens is 258 g/mol. The molecule has 0 radical (unpaired) electrons. The van der Waals surface area contributed by atoms with E-state index in [1.54, 1.807) is 0 Å². The van der Waals surface area contributed by atoms with Gasteiger partial charge in [-0.15, -0.1) is 0 Å². The van der Waals surface area contributed by atoms with Crippen LogP contribution in [-0.2, 0) is 0 Å². The largest absolute Gasteiger partial charge is 0.316 e. The molecule has 0 amide bonds. The predicted molar refractivity (Wildman–Crippen MR) is 91.8 cm³/mol. The average molecular weight is 296 g/mol. The first-order valence-corrected chi connectivity index (χ1v) is 9.21. The van der Waals surface area contributed by atoms with Crippen molar-refractivity contribution < 1.29 is 0 Å². The molecule has 1 heterocycles. The first-order valence-electron chi connectivity index (χ1n) is 9.21. The summed E-state index contributed by atoms with van der Waals surface area (Å²) in [4.78, 5) is 5.23. The molecule has 0 spiro atoms. The lowest BCUT2D eigenvalue weighted by molar-refractivity contribution is 0.158. The van der Waals surface area contributed by atoms with E-state index in [-0.39, 0.29) is 0 Å². The molecule has 0 aromatic carbocycles. The highest BCUT2D eigenvalue weighted by atomic mass is 15.2. The molecule has 3 heteroatoms. The van der Waals surface area contributed by atoms with E-state index in [2.05, 4.69) is 36.0 Å². The number of likely N-dealkylation sites (tertiary alicyclic amines) is 1. The predicted octanol–water partition coefficient (Wildman–Crippen LogP) is 2.82. The van der Waals surface area contributed by atoms with Gasteiger partial charge in [0, 0.05) is 26.2 Å². The van der Waals surface area contributed by atoms with Crippen molar-refractivity contribution in [3.63, 3.8) is 0 Å². The molecule has 1 saturated carbocycles. The Hall–Kier alpha value is -0.120. The fourth-order valence-electron chi connectivity index (χ4n) is 4.11. The van der Waals surface area contributed by atoms with Gasteiger partial charge in [-0.05, 0) is 63.7 Å². The van der Waals surface area contributed by atoms with Gasteiger partial charge in [-0.1, -0.05) is 26.7 Å². The molecule has 2 fully saturated rings. The molecule has 21 heavy (non-hydrogen) atoms. The Labute approximate surface area is 132 Å². The van der Waals surface area contributed by atoms with E-state index in [1.807, 2.05) is 0 Å². The van der Waals surface area contributed by atoms with Crippen LogP contribution >= 0.6 is 0 Å². The van der Waals surface area contributed by atoms with Crippen LogP contribution in [0.25, 0.3) is 0 Å². The molecule has 1 aliphatic carbocycles. The molecule has 1 N–H and O–H groups in total. The van der Waals surface area contributed by atoms with Crippen LogP contribution in [0.3, 0.4) is 0 Å². The highest BCUT2D eigenvalue weighted by molar-refractivity contribution is 4.89. The van der Waals surface area contributed by atoms with Crippen molar-refractivity contribution >= 4 is 0 Å². The molecule has 0 bridgehead atoms. The van der Waals surface area contributed by atoms with Crippen LogP contribution in [0.5, 0.6) is 0 Å². The van der Waals surface area contributed by atoms with Gasteiger partial charge in [0.25, 0.3) is 0 Å². The average Bonchev–Trinajstić information content (AvgIpc) is 3.08. The van der Waals surface area contributed by atoms with E-state index >= 15 is 0 Å². The van der Waals surface area contributed by atoms with Crippen molar-refractivity contribution in [2.75, 3.05) is 52.9 Å². The second-order valence-electron chi connectivity index (χ2n) is 8.02. The standard InChI is InChI=1S/C18H37N3/c1-17(2)14-19-15-18(8-4-5-9-18)16-20(3)12-13-21-10-6-7-11-21/h17,19H,4-16H2,1-3H3. The van der Waals surface area contributed by atoms with Gasteiger partial charge in [0.1, 0.15) is 0 Å². The quantitative estimate of drug-likeness (QED) is 0.706. The van der Waals surface area contributed by atoms with Crippen molar-refractivity contribution in [3.8, 4) is 0 Å². The van der Waals surface area contributed by atoms with Crippen LogP contribution in [0.15, 0.2) is 0 Å². The molecule has 0 atom stereocenters. The summed E-state index contributed by atoms with van der Waals surface area (Å²) in [5.41, 5.74) is 0.550. The second-order valence-corrected chi connectivity index (χ2v) is 8.02. The first kappa shape index (κ1) is 17.2. The third-order valence-corrected chi connectivity index (χ3v) is 5.32. The summed E-state index contributed by atoms with van der Waals surface area (Å²) < 4.78 is 0. The monoisotopic (exact) mass is 295 g/mol. The van der Waals surface area contributed by atoms with Crippen LogP contribution in [0.2, 0.25) is 0 Å². The fraction of sp³-hybridized carbons (Fsp3) is 1.00. The molecule has 1 saturated heterocycles. The van der Waals surface area contributed by atoms with E-state index in [0.717, 1.165) is 5.92 Å². The van der Waals surface area contributed by atoms with Gasteiger partial charge in [0.15, 0.2) is 0 Å². The zero-order valence-corrected chi connectivity index (χ0v) is 14.7. The highest BCUT2D eigenvalue weighted by Gasteiger charge is 2.34. The van der Waals surface area contributed by atoms with E-state index in [4.69, 9.17) is 0 Å². The van der Waals surface area contributed by atoms with E-state index in [9.17, 15) is 0 Å². The topological polar surface area (TPSA) is 18.5 Å². The smallest absolute Gasteiger partial charge is 0.0109 e. The Balaban J connectivity index is 1.72. The summed E-state index contributed by atoms with van der Waals surface area (Å²) in [5, 5.41) is 3.73. The number of nitrogens with zero attached hydrogens (tertiary/aromatic N) is 2. The van der Waals surface area contributed by atoms with Crippen LogP contribution in [0.1, 0.15) is 52.4 Å². The number of hydrogen-bond acceptors (Lipinski definition) is 3. The lowest BCUT2D eigenvalue weighted by Gasteiger charge is -2.35. The summed E-state index contributed by atoms with van der Waals surface area (Å²) in [5.74, 6) is 0.761. The summed E-state index contributed by atoms with van der Waals surface area (Å²) in [6.45, 7) is 13.4. The lowest BCUT2D eigenvalue weighted by Crippen LogP contribution is -2.43. The summed E-state index contributed by atoms with van der Waals surface area (Å²) in [6.07, 6.45) is 8.53. The van der Waals surface area contributed by atoms with E-state index in [1.165, 1.54) is 84.3 Å². The molecule has 124 valence electrons. The van der Waals surface area contributed by atoms with Crippen LogP contribution in [0, 0.1) is 11.3 Å². The Kier molecular flexibility index (Phi) is 6.97. The number of likely N-dealkylation sites (N-methyl/N-ethyl adjacent to an activating group) is 1. The Morgan fingerprint density at radius 1 is 1.10 bits per heavy atom. The SMILES string of the molecule is CC(C)CNCC1(CN(C)CCN2CCCC2)CCCC1. The molecule has 0 aromatic rings. The number of nitrogens with one attached hydrogen (secondary N) is 1. The van der Waals surface area contributed by atoms with Gasteiger partial charge in [-0.25, -0.2) is 0 Å². The normalized spacial score (nSPS) is 22.7. The molecule has 0 unspecified atom stereocenters. The zero-order chi connectivity index (χ0) is 15.1. The Morgan fingerprint density at radius 2 is 1.76 bits per heavy atom. The first-order chi connectivity index (χ1) is 10.1. The van der Waals surface area contributed by atoms with Gasteiger partial charge >= 0.3 is 0 Å². The van der Waals surface area contributed by atoms with Crippen molar-refractivity contribution in [2.45, 2.75) is 52.4 Å². The Morgan fingerprint density at radius 3 is 2.38 bits per heavy atom. The van der Waals surface area contributed by atoms with Crippen molar-refractivity contribution in [2.24, 2.45) is 11.3 Å². The molecule has 2 rings (SSSR count). The van der Waals surface area contributed by atoms with Crippen LogP contribution < -0.4 is 5.32 Å². The van der Waals surface area contributed by atoms with Gasteiger partial charge < -0.3 is 15.1 Å². The number of rotatable bonds is 9. The molecule has 3 nitrogen and oxygen atoms in total. The summed E-state index contributed by atoms with van der Waals surface area (Å²) in [7, 11) is 2.33. The minimum Gasteiger partial charge on any atom is -0.316 e. The van der Waals surface area contributed by atoms with Crippen molar-refractivity contribution in [3.05, 3.63) is 0 Å².